The van der Waals surface area contributed by atoms with Crippen LogP contribution in [0.1, 0.15) is 32.3 Å². The number of benzene rings is 2. The van der Waals surface area contributed by atoms with E-state index in [1.54, 1.807) is 0 Å². The molecule has 0 fully saturated rings. The summed E-state index contributed by atoms with van der Waals surface area (Å²) in [6.07, 6.45) is 1.96. The van der Waals surface area contributed by atoms with Gasteiger partial charge in [-0.3, -0.25) is 4.79 Å². The van der Waals surface area contributed by atoms with E-state index in [2.05, 4.69) is 10.0 Å². The first kappa shape index (κ1) is 23.2. The molecule has 0 radical (unpaired) electrons. The number of methoxy groups -OCH3 is 1. The number of nitrogens with one attached hydrogen (secondary N) is 2. The minimum Gasteiger partial charge on any atom is -0.495 e. The van der Waals surface area contributed by atoms with Crippen molar-refractivity contribution < 1.29 is 17.9 Å². The third kappa shape index (κ3) is 6.73. The van der Waals surface area contributed by atoms with E-state index in [0.717, 1.165) is 18.4 Å². The van der Waals surface area contributed by atoms with Gasteiger partial charge in [0, 0.05) is 6.04 Å². The average Bonchev–Trinajstić information content (AvgIpc) is 2.68. The SMILES string of the molecule is CCCC(C)NC(=O)C(Cc1ccccc1)NS(=O)(=O)c1ccc(OC)c(Cl)c1. The fourth-order valence-electron chi connectivity index (χ4n) is 2.96. The van der Waals surface area contributed by atoms with Gasteiger partial charge in [0.15, 0.2) is 0 Å². The highest BCUT2D eigenvalue weighted by atomic mass is 35.5. The van der Waals surface area contributed by atoms with E-state index < -0.39 is 16.1 Å². The van der Waals surface area contributed by atoms with E-state index in [1.165, 1.54) is 25.3 Å². The lowest BCUT2D eigenvalue weighted by Crippen LogP contribution is -2.50. The first-order valence-corrected chi connectivity index (χ1v) is 11.3. The number of ether oxygens (including phenoxy) is 1. The zero-order valence-electron chi connectivity index (χ0n) is 16.8. The predicted molar refractivity (Wildman–Crippen MR) is 115 cm³/mol. The first-order chi connectivity index (χ1) is 13.8. The summed E-state index contributed by atoms with van der Waals surface area (Å²) in [7, 11) is -2.52. The van der Waals surface area contributed by atoms with Crippen molar-refractivity contribution >= 4 is 27.5 Å². The van der Waals surface area contributed by atoms with Crippen molar-refractivity contribution in [2.24, 2.45) is 0 Å². The molecule has 29 heavy (non-hydrogen) atoms. The van der Waals surface area contributed by atoms with Crippen LogP contribution in [0.15, 0.2) is 53.4 Å². The van der Waals surface area contributed by atoms with Gasteiger partial charge in [0.1, 0.15) is 11.8 Å². The number of amides is 1. The van der Waals surface area contributed by atoms with Crippen molar-refractivity contribution in [3.63, 3.8) is 0 Å². The minimum atomic E-state index is -3.97. The van der Waals surface area contributed by atoms with Crippen molar-refractivity contribution in [3.8, 4) is 5.75 Å². The first-order valence-electron chi connectivity index (χ1n) is 9.47. The molecule has 2 atom stereocenters. The monoisotopic (exact) mass is 438 g/mol. The number of sulfonamides is 1. The molecule has 2 unspecified atom stereocenters. The summed E-state index contributed by atoms with van der Waals surface area (Å²) in [5.74, 6) is 0.00979. The average molecular weight is 439 g/mol. The molecule has 2 N–H and O–H groups in total. The molecule has 2 rings (SSSR count). The Kier molecular flexibility index (Phi) is 8.49. The van der Waals surface area contributed by atoms with E-state index in [1.807, 2.05) is 44.2 Å². The number of halogens is 1. The largest absolute Gasteiger partial charge is 0.495 e. The van der Waals surface area contributed by atoms with E-state index in [9.17, 15) is 13.2 Å². The summed E-state index contributed by atoms with van der Waals surface area (Å²) < 4.78 is 33.4. The molecular formula is C21H27ClN2O4S. The van der Waals surface area contributed by atoms with Crippen LogP contribution in [0.5, 0.6) is 5.75 Å². The molecule has 0 saturated heterocycles. The molecule has 1 amide bonds. The lowest BCUT2D eigenvalue weighted by molar-refractivity contribution is -0.123. The van der Waals surface area contributed by atoms with Crippen LogP contribution < -0.4 is 14.8 Å². The van der Waals surface area contributed by atoms with Crippen molar-refractivity contribution in [2.75, 3.05) is 7.11 Å². The lowest BCUT2D eigenvalue weighted by Gasteiger charge is -2.21. The van der Waals surface area contributed by atoms with Crippen LogP contribution in [0.25, 0.3) is 0 Å². The highest BCUT2D eigenvalue weighted by molar-refractivity contribution is 7.89. The van der Waals surface area contributed by atoms with E-state index in [0.29, 0.717) is 5.75 Å². The Morgan fingerprint density at radius 1 is 1.17 bits per heavy atom. The van der Waals surface area contributed by atoms with E-state index >= 15 is 0 Å². The number of carbonyl (C=O) groups excluding carboxylic acids is 1. The molecule has 0 heterocycles. The quantitative estimate of drug-likeness (QED) is 0.594. The normalized spacial score (nSPS) is 13.5. The van der Waals surface area contributed by atoms with Crippen LogP contribution in [0.2, 0.25) is 5.02 Å². The van der Waals surface area contributed by atoms with Crippen molar-refractivity contribution in [1.82, 2.24) is 10.0 Å². The highest BCUT2D eigenvalue weighted by Gasteiger charge is 2.27. The minimum absolute atomic E-state index is 0.0317. The Bertz CT molecular complexity index is 920. The van der Waals surface area contributed by atoms with E-state index in [-0.39, 0.29) is 28.3 Å². The molecule has 2 aromatic carbocycles. The van der Waals surface area contributed by atoms with Gasteiger partial charge in [0.2, 0.25) is 15.9 Å². The molecule has 158 valence electrons. The Hall–Kier alpha value is -2.09. The molecule has 2 aromatic rings. The molecule has 0 aliphatic rings. The zero-order chi connectivity index (χ0) is 21.4. The van der Waals surface area contributed by atoms with Crippen LogP contribution >= 0.6 is 11.6 Å². The van der Waals surface area contributed by atoms with Gasteiger partial charge in [-0.1, -0.05) is 55.3 Å². The molecule has 0 saturated carbocycles. The molecule has 0 bridgehead atoms. The summed E-state index contributed by atoms with van der Waals surface area (Å²) in [5, 5.41) is 3.07. The molecule has 0 aliphatic heterocycles. The van der Waals surface area contributed by atoms with Gasteiger partial charge in [-0.05, 0) is 43.5 Å². The van der Waals surface area contributed by atoms with Crippen LogP contribution in [0.3, 0.4) is 0 Å². The summed E-state index contributed by atoms with van der Waals surface area (Å²) in [5.41, 5.74) is 0.853. The topological polar surface area (TPSA) is 84.5 Å². The Morgan fingerprint density at radius 2 is 1.86 bits per heavy atom. The van der Waals surface area contributed by atoms with Gasteiger partial charge < -0.3 is 10.1 Å². The standard InChI is InChI=1S/C21H27ClN2O4S/c1-4-8-15(2)23-21(25)19(13-16-9-6-5-7-10-16)24-29(26,27)17-11-12-20(28-3)18(22)14-17/h5-7,9-12,14-15,19,24H,4,8,13H2,1-3H3,(H,23,25). The van der Waals surface area contributed by atoms with Crippen molar-refractivity contribution in [3.05, 3.63) is 59.1 Å². The molecule has 0 spiro atoms. The molecule has 0 aliphatic carbocycles. The van der Waals surface area contributed by atoms with Gasteiger partial charge >= 0.3 is 0 Å². The summed E-state index contributed by atoms with van der Waals surface area (Å²) in [6, 6.07) is 12.4. The van der Waals surface area contributed by atoms with Crippen molar-refractivity contribution in [1.29, 1.82) is 0 Å². The predicted octanol–water partition coefficient (Wildman–Crippen LogP) is 3.54. The molecule has 0 aromatic heterocycles. The van der Waals surface area contributed by atoms with E-state index in [4.69, 9.17) is 16.3 Å². The van der Waals surface area contributed by atoms with Gasteiger partial charge in [0.05, 0.1) is 17.0 Å². The van der Waals surface area contributed by atoms with Crippen LogP contribution in [-0.4, -0.2) is 33.5 Å². The number of rotatable bonds is 10. The maximum absolute atomic E-state index is 12.9. The Labute approximate surface area is 177 Å². The van der Waals surface area contributed by atoms with Gasteiger partial charge in [-0.25, -0.2) is 8.42 Å². The van der Waals surface area contributed by atoms with Crippen molar-refractivity contribution in [2.45, 2.75) is 50.1 Å². The third-order valence-electron chi connectivity index (χ3n) is 4.44. The highest BCUT2D eigenvalue weighted by Crippen LogP contribution is 2.27. The second-order valence-electron chi connectivity index (χ2n) is 6.86. The summed E-state index contributed by atoms with van der Waals surface area (Å²) in [4.78, 5) is 12.8. The molecular weight excluding hydrogens is 412 g/mol. The van der Waals surface area contributed by atoms with Gasteiger partial charge in [-0.15, -0.1) is 0 Å². The molecule has 8 heteroatoms. The summed E-state index contributed by atoms with van der Waals surface area (Å²) >= 11 is 6.07. The smallest absolute Gasteiger partial charge is 0.241 e. The second kappa shape index (κ2) is 10.6. The van der Waals surface area contributed by atoms with Crippen LogP contribution in [0, 0.1) is 0 Å². The van der Waals surface area contributed by atoms with Gasteiger partial charge in [-0.2, -0.15) is 4.72 Å². The maximum atomic E-state index is 12.9. The lowest BCUT2D eigenvalue weighted by atomic mass is 10.1. The molecule has 6 nitrogen and oxygen atoms in total. The van der Waals surface area contributed by atoms with Gasteiger partial charge in [0.25, 0.3) is 0 Å². The fraction of sp³-hybridized carbons (Fsp3) is 0.381. The maximum Gasteiger partial charge on any atom is 0.241 e. The van der Waals surface area contributed by atoms with Crippen LogP contribution in [-0.2, 0) is 21.2 Å². The summed E-state index contributed by atoms with van der Waals surface area (Å²) in [6.45, 7) is 3.93. The second-order valence-corrected chi connectivity index (χ2v) is 8.98. The zero-order valence-corrected chi connectivity index (χ0v) is 18.4. The number of hydrogen-bond donors (Lipinski definition) is 2. The third-order valence-corrected chi connectivity index (χ3v) is 6.21. The number of hydrogen-bond acceptors (Lipinski definition) is 4. The number of carbonyl (C=O) groups is 1. The Morgan fingerprint density at radius 3 is 2.45 bits per heavy atom. The van der Waals surface area contributed by atoms with Crippen LogP contribution in [0.4, 0.5) is 0 Å². The Balaban J connectivity index is 2.27. The fourth-order valence-corrected chi connectivity index (χ4v) is 4.50.